The first-order valence-corrected chi connectivity index (χ1v) is 12.0. The Hall–Kier alpha value is -2.83. The van der Waals surface area contributed by atoms with Crippen LogP contribution in [0.5, 0.6) is 0 Å². The molecule has 1 aliphatic carbocycles. The molecule has 160 valence electrons. The molecule has 0 bridgehead atoms. The summed E-state index contributed by atoms with van der Waals surface area (Å²) in [5, 5.41) is 3.53. The van der Waals surface area contributed by atoms with E-state index in [-0.39, 0.29) is 23.4 Å². The van der Waals surface area contributed by atoms with Crippen LogP contribution in [0.3, 0.4) is 0 Å². The van der Waals surface area contributed by atoms with Crippen molar-refractivity contribution in [3.63, 3.8) is 0 Å². The first-order chi connectivity index (χ1) is 14.9. The molecule has 0 spiro atoms. The lowest BCUT2D eigenvalue weighted by atomic mass is 9.88. The number of nitrogens with one attached hydrogen (secondary N) is 1. The van der Waals surface area contributed by atoms with Crippen molar-refractivity contribution >= 4 is 33.2 Å². The Morgan fingerprint density at radius 2 is 1.65 bits per heavy atom. The van der Waals surface area contributed by atoms with Crippen LogP contribution in [-0.4, -0.2) is 20.9 Å². The Morgan fingerprint density at radius 1 is 0.968 bits per heavy atom. The molecule has 7 heteroatoms. The van der Waals surface area contributed by atoms with E-state index in [4.69, 9.17) is 11.6 Å². The SMILES string of the molecule is O=C(CN(c1ccc(Cl)cc1)S(=O)(=O)c1ccccc1)NC1CCCc2ccccc21. The van der Waals surface area contributed by atoms with E-state index in [1.54, 1.807) is 42.5 Å². The number of rotatable bonds is 6. The van der Waals surface area contributed by atoms with Crippen molar-refractivity contribution in [3.05, 3.63) is 95.0 Å². The van der Waals surface area contributed by atoms with Gasteiger partial charge >= 0.3 is 0 Å². The quantitative estimate of drug-likeness (QED) is 0.585. The lowest BCUT2D eigenvalue weighted by Crippen LogP contribution is -2.42. The number of fused-ring (bicyclic) bond motifs is 1. The van der Waals surface area contributed by atoms with Crippen LogP contribution in [-0.2, 0) is 21.2 Å². The molecule has 3 aromatic rings. The monoisotopic (exact) mass is 454 g/mol. The van der Waals surface area contributed by atoms with Crippen molar-refractivity contribution in [2.24, 2.45) is 0 Å². The highest BCUT2D eigenvalue weighted by Crippen LogP contribution is 2.30. The zero-order valence-corrected chi connectivity index (χ0v) is 18.4. The largest absolute Gasteiger partial charge is 0.348 e. The summed E-state index contributed by atoms with van der Waals surface area (Å²) in [5.74, 6) is -0.351. The fourth-order valence-electron chi connectivity index (χ4n) is 3.92. The molecule has 1 N–H and O–H groups in total. The Bertz CT molecular complexity index is 1160. The number of benzene rings is 3. The van der Waals surface area contributed by atoms with Crippen molar-refractivity contribution in [1.29, 1.82) is 0 Å². The Balaban J connectivity index is 1.61. The first kappa shape index (κ1) is 21.4. The van der Waals surface area contributed by atoms with E-state index in [0.717, 1.165) is 29.1 Å². The van der Waals surface area contributed by atoms with Gasteiger partial charge in [0.05, 0.1) is 16.6 Å². The van der Waals surface area contributed by atoms with E-state index in [2.05, 4.69) is 11.4 Å². The first-order valence-electron chi connectivity index (χ1n) is 10.2. The minimum absolute atomic E-state index is 0.121. The third kappa shape index (κ3) is 4.75. The van der Waals surface area contributed by atoms with Gasteiger partial charge in [-0.3, -0.25) is 9.10 Å². The zero-order chi connectivity index (χ0) is 21.8. The number of sulfonamides is 1. The minimum atomic E-state index is -3.93. The smallest absolute Gasteiger partial charge is 0.264 e. The second-order valence-corrected chi connectivity index (χ2v) is 9.81. The van der Waals surface area contributed by atoms with Crippen LogP contribution in [0.1, 0.15) is 30.0 Å². The van der Waals surface area contributed by atoms with Crippen LogP contribution in [0.4, 0.5) is 5.69 Å². The summed E-state index contributed by atoms with van der Waals surface area (Å²) >= 11 is 5.98. The standard InChI is InChI=1S/C24H23ClN2O3S/c25-19-13-15-20(16-14-19)27(31(29,30)21-9-2-1-3-10-21)17-24(28)26-23-12-6-8-18-7-4-5-11-22(18)23/h1-5,7,9-11,13-16,23H,6,8,12,17H2,(H,26,28). The molecule has 0 radical (unpaired) electrons. The van der Waals surface area contributed by atoms with Crippen LogP contribution < -0.4 is 9.62 Å². The van der Waals surface area contributed by atoms with E-state index in [9.17, 15) is 13.2 Å². The van der Waals surface area contributed by atoms with E-state index in [0.29, 0.717) is 10.7 Å². The molecule has 3 aromatic carbocycles. The van der Waals surface area contributed by atoms with Crippen molar-refractivity contribution in [2.45, 2.75) is 30.2 Å². The molecule has 0 aromatic heterocycles. The molecule has 1 atom stereocenters. The lowest BCUT2D eigenvalue weighted by Gasteiger charge is -2.28. The van der Waals surface area contributed by atoms with Crippen LogP contribution in [0.15, 0.2) is 83.8 Å². The third-order valence-corrected chi connectivity index (χ3v) is 7.48. The fourth-order valence-corrected chi connectivity index (χ4v) is 5.48. The van der Waals surface area contributed by atoms with Crippen LogP contribution >= 0.6 is 11.6 Å². The molecule has 1 amide bonds. The van der Waals surface area contributed by atoms with E-state index in [1.807, 2.05) is 18.2 Å². The number of nitrogens with zero attached hydrogens (tertiary/aromatic N) is 1. The van der Waals surface area contributed by atoms with Crippen molar-refractivity contribution in [2.75, 3.05) is 10.8 Å². The Labute approximate surface area is 187 Å². The van der Waals surface area contributed by atoms with Gasteiger partial charge in [0.2, 0.25) is 5.91 Å². The summed E-state index contributed by atoms with van der Waals surface area (Å²) < 4.78 is 27.8. The van der Waals surface area contributed by atoms with Gasteiger partial charge in [-0.05, 0) is 66.8 Å². The fraction of sp³-hybridized carbons (Fsp3) is 0.208. The highest BCUT2D eigenvalue weighted by Gasteiger charge is 2.29. The number of hydrogen-bond donors (Lipinski definition) is 1. The molecule has 4 rings (SSSR count). The summed E-state index contributed by atoms with van der Waals surface area (Å²) in [6.45, 7) is -0.322. The zero-order valence-electron chi connectivity index (χ0n) is 16.9. The van der Waals surface area contributed by atoms with Gasteiger partial charge in [0, 0.05) is 5.02 Å². The molecule has 1 unspecified atom stereocenters. The van der Waals surface area contributed by atoms with Gasteiger partial charge in [0.1, 0.15) is 6.54 Å². The van der Waals surface area contributed by atoms with Crippen molar-refractivity contribution in [1.82, 2.24) is 5.32 Å². The number of carbonyl (C=O) groups excluding carboxylic acids is 1. The normalized spacial score (nSPS) is 15.7. The summed E-state index contributed by atoms with van der Waals surface area (Å²) in [6.07, 6.45) is 2.79. The summed E-state index contributed by atoms with van der Waals surface area (Å²) in [7, 11) is -3.93. The van der Waals surface area contributed by atoms with Gasteiger partial charge in [0.15, 0.2) is 0 Å². The summed E-state index contributed by atoms with van der Waals surface area (Å²) in [6, 6.07) is 22.5. The Kier molecular flexibility index (Phi) is 6.30. The average molecular weight is 455 g/mol. The van der Waals surface area contributed by atoms with Gasteiger partial charge < -0.3 is 5.32 Å². The van der Waals surface area contributed by atoms with Crippen LogP contribution in [0.2, 0.25) is 5.02 Å². The highest BCUT2D eigenvalue weighted by atomic mass is 35.5. The number of carbonyl (C=O) groups is 1. The lowest BCUT2D eigenvalue weighted by molar-refractivity contribution is -0.120. The second-order valence-electron chi connectivity index (χ2n) is 7.51. The number of halogens is 1. The maximum atomic E-state index is 13.4. The molecule has 0 saturated heterocycles. The molecule has 5 nitrogen and oxygen atoms in total. The molecule has 0 saturated carbocycles. The minimum Gasteiger partial charge on any atom is -0.348 e. The summed E-state index contributed by atoms with van der Waals surface area (Å²) in [4.78, 5) is 13.1. The molecule has 1 aliphatic rings. The second kappa shape index (κ2) is 9.12. The summed E-state index contributed by atoms with van der Waals surface area (Å²) in [5.41, 5.74) is 2.71. The van der Waals surface area contributed by atoms with Gasteiger partial charge in [-0.2, -0.15) is 0 Å². The van der Waals surface area contributed by atoms with E-state index < -0.39 is 10.0 Å². The molecular formula is C24H23ClN2O3S. The maximum Gasteiger partial charge on any atom is 0.264 e. The molecule has 0 fully saturated rings. The van der Waals surface area contributed by atoms with Crippen LogP contribution in [0, 0.1) is 0 Å². The predicted octanol–water partition coefficient (Wildman–Crippen LogP) is 4.73. The van der Waals surface area contributed by atoms with Gasteiger partial charge in [-0.1, -0.05) is 54.1 Å². The third-order valence-electron chi connectivity index (χ3n) is 5.44. The van der Waals surface area contributed by atoms with E-state index in [1.165, 1.54) is 17.7 Å². The number of amides is 1. The molecule has 0 aliphatic heterocycles. The van der Waals surface area contributed by atoms with Gasteiger partial charge in [0.25, 0.3) is 10.0 Å². The maximum absolute atomic E-state index is 13.4. The topological polar surface area (TPSA) is 66.5 Å². The van der Waals surface area contributed by atoms with Gasteiger partial charge in [-0.15, -0.1) is 0 Å². The number of anilines is 1. The van der Waals surface area contributed by atoms with Crippen molar-refractivity contribution < 1.29 is 13.2 Å². The Morgan fingerprint density at radius 3 is 2.39 bits per heavy atom. The molecular weight excluding hydrogens is 432 g/mol. The number of aryl methyl sites for hydroxylation is 1. The average Bonchev–Trinajstić information content (AvgIpc) is 2.79. The highest BCUT2D eigenvalue weighted by molar-refractivity contribution is 7.92. The van der Waals surface area contributed by atoms with Gasteiger partial charge in [-0.25, -0.2) is 8.42 Å². The number of hydrogen-bond acceptors (Lipinski definition) is 3. The van der Waals surface area contributed by atoms with E-state index >= 15 is 0 Å². The molecule has 31 heavy (non-hydrogen) atoms. The predicted molar refractivity (Wildman–Crippen MR) is 123 cm³/mol. The van der Waals surface area contributed by atoms with Crippen molar-refractivity contribution in [3.8, 4) is 0 Å². The van der Waals surface area contributed by atoms with Crippen LogP contribution in [0.25, 0.3) is 0 Å². The molecule has 0 heterocycles.